The molecule has 0 saturated heterocycles. The van der Waals surface area contributed by atoms with E-state index in [9.17, 15) is 0 Å². The summed E-state index contributed by atoms with van der Waals surface area (Å²) in [7, 11) is 3.27. The predicted molar refractivity (Wildman–Crippen MR) is 90.4 cm³/mol. The van der Waals surface area contributed by atoms with Crippen molar-refractivity contribution in [3.8, 4) is 11.5 Å². The van der Waals surface area contributed by atoms with Crippen LogP contribution in [0, 0.1) is 13.8 Å². The average molecular weight is 348 g/mol. The molecule has 0 aliphatic rings. The summed E-state index contributed by atoms with van der Waals surface area (Å²) in [5.41, 5.74) is 4.17. The van der Waals surface area contributed by atoms with Crippen LogP contribution >= 0.6 is 15.9 Å². The second-order valence-electron chi connectivity index (χ2n) is 4.75. The number of hydrogen-bond donors (Lipinski definition) is 0. The standard InChI is InChI=1S/C17H18BrNO2/c1-11-8-16(20-3)17(21-4)9-13(11)10-19-15-6-5-14(18)7-12(15)2/h5-10H,1-4H3. The molecule has 0 radical (unpaired) electrons. The smallest absolute Gasteiger partial charge is 0.161 e. The summed E-state index contributed by atoms with van der Waals surface area (Å²) in [6.45, 7) is 4.07. The number of aliphatic imine (C=N–C) groups is 1. The molecule has 0 fully saturated rings. The second-order valence-corrected chi connectivity index (χ2v) is 5.67. The number of methoxy groups -OCH3 is 2. The Morgan fingerprint density at radius 2 is 1.62 bits per heavy atom. The maximum Gasteiger partial charge on any atom is 0.161 e. The highest BCUT2D eigenvalue weighted by Crippen LogP contribution is 2.30. The molecule has 0 aliphatic carbocycles. The molecule has 0 bridgehead atoms. The SMILES string of the molecule is COc1cc(C)c(C=Nc2ccc(Br)cc2C)cc1OC. The lowest BCUT2D eigenvalue weighted by atomic mass is 10.1. The molecule has 3 nitrogen and oxygen atoms in total. The summed E-state index contributed by atoms with van der Waals surface area (Å²) in [5.74, 6) is 1.43. The van der Waals surface area contributed by atoms with Crippen LogP contribution in [0.2, 0.25) is 0 Å². The summed E-state index contributed by atoms with van der Waals surface area (Å²) in [4.78, 5) is 4.57. The normalized spacial score (nSPS) is 10.9. The first kappa shape index (κ1) is 15.6. The van der Waals surface area contributed by atoms with E-state index in [4.69, 9.17) is 9.47 Å². The number of halogens is 1. The van der Waals surface area contributed by atoms with Gasteiger partial charge in [-0.1, -0.05) is 15.9 Å². The summed E-state index contributed by atoms with van der Waals surface area (Å²) in [6, 6.07) is 9.92. The molecule has 21 heavy (non-hydrogen) atoms. The number of benzene rings is 2. The zero-order chi connectivity index (χ0) is 15.4. The maximum atomic E-state index is 5.33. The van der Waals surface area contributed by atoms with E-state index in [0.29, 0.717) is 5.75 Å². The highest BCUT2D eigenvalue weighted by atomic mass is 79.9. The van der Waals surface area contributed by atoms with Crippen LogP contribution in [0.4, 0.5) is 5.69 Å². The number of aryl methyl sites for hydroxylation is 2. The van der Waals surface area contributed by atoms with Gasteiger partial charge in [-0.15, -0.1) is 0 Å². The van der Waals surface area contributed by atoms with Gasteiger partial charge in [0.25, 0.3) is 0 Å². The van der Waals surface area contributed by atoms with Gasteiger partial charge in [0.1, 0.15) is 0 Å². The molecule has 0 spiro atoms. The third-order valence-corrected chi connectivity index (χ3v) is 3.77. The molecule has 0 heterocycles. The first-order valence-electron chi connectivity index (χ1n) is 6.58. The minimum Gasteiger partial charge on any atom is -0.493 e. The second kappa shape index (κ2) is 6.76. The van der Waals surface area contributed by atoms with Crippen molar-refractivity contribution in [3.63, 3.8) is 0 Å². The minimum atomic E-state index is 0.706. The van der Waals surface area contributed by atoms with Gasteiger partial charge < -0.3 is 9.47 Å². The van der Waals surface area contributed by atoms with Gasteiger partial charge in [0.2, 0.25) is 0 Å². The van der Waals surface area contributed by atoms with Gasteiger partial charge in [-0.05, 0) is 60.9 Å². The highest BCUT2D eigenvalue weighted by molar-refractivity contribution is 9.10. The predicted octanol–water partition coefficient (Wildman–Crippen LogP) is 4.83. The van der Waals surface area contributed by atoms with Crippen LogP contribution < -0.4 is 9.47 Å². The molecule has 0 atom stereocenters. The average Bonchev–Trinajstić information content (AvgIpc) is 2.47. The monoisotopic (exact) mass is 347 g/mol. The maximum absolute atomic E-state index is 5.33. The van der Waals surface area contributed by atoms with E-state index < -0.39 is 0 Å². The highest BCUT2D eigenvalue weighted by Gasteiger charge is 2.07. The Balaban J connectivity index is 2.36. The van der Waals surface area contributed by atoms with Gasteiger partial charge in [0.05, 0.1) is 19.9 Å². The third kappa shape index (κ3) is 3.64. The van der Waals surface area contributed by atoms with Crippen molar-refractivity contribution in [3.05, 3.63) is 51.5 Å². The summed E-state index contributed by atoms with van der Waals surface area (Å²) >= 11 is 3.46. The molecule has 110 valence electrons. The number of nitrogens with zero attached hydrogens (tertiary/aromatic N) is 1. The molecule has 2 aromatic carbocycles. The van der Waals surface area contributed by atoms with E-state index in [-0.39, 0.29) is 0 Å². The zero-order valence-corrected chi connectivity index (χ0v) is 14.2. The lowest BCUT2D eigenvalue weighted by Crippen LogP contribution is -1.95. The molecule has 0 unspecified atom stereocenters. The van der Waals surface area contributed by atoms with Gasteiger partial charge >= 0.3 is 0 Å². The van der Waals surface area contributed by atoms with Gasteiger partial charge in [0.15, 0.2) is 11.5 Å². The number of hydrogen-bond acceptors (Lipinski definition) is 3. The van der Waals surface area contributed by atoms with Crippen LogP contribution in [0.5, 0.6) is 11.5 Å². The van der Waals surface area contributed by atoms with Crippen molar-refractivity contribution in [2.24, 2.45) is 4.99 Å². The molecule has 0 aromatic heterocycles. The molecule has 0 saturated carbocycles. The molecule has 4 heteroatoms. The first-order valence-corrected chi connectivity index (χ1v) is 7.37. The van der Waals surface area contributed by atoms with Crippen molar-refractivity contribution in [2.45, 2.75) is 13.8 Å². The lowest BCUT2D eigenvalue weighted by molar-refractivity contribution is 0.354. The fourth-order valence-electron chi connectivity index (χ4n) is 2.04. The van der Waals surface area contributed by atoms with Gasteiger partial charge in [0, 0.05) is 10.7 Å². The summed E-state index contributed by atoms with van der Waals surface area (Å²) < 4.78 is 11.7. The number of rotatable bonds is 4. The van der Waals surface area contributed by atoms with Crippen LogP contribution in [0.3, 0.4) is 0 Å². The van der Waals surface area contributed by atoms with E-state index in [1.165, 1.54) is 0 Å². The Morgan fingerprint density at radius 1 is 0.952 bits per heavy atom. The van der Waals surface area contributed by atoms with Crippen LogP contribution in [0.25, 0.3) is 0 Å². The first-order chi connectivity index (χ1) is 10.0. The molecule has 0 amide bonds. The molecule has 0 aliphatic heterocycles. The van der Waals surface area contributed by atoms with Crippen molar-refractivity contribution < 1.29 is 9.47 Å². The summed E-state index contributed by atoms with van der Waals surface area (Å²) in [5, 5.41) is 0. The van der Waals surface area contributed by atoms with Gasteiger partial charge in [-0.3, -0.25) is 4.99 Å². The Hall–Kier alpha value is -1.81. The van der Waals surface area contributed by atoms with Crippen molar-refractivity contribution >= 4 is 27.8 Å². The molecular weight excluding hydrogens is 330 g/mol. The van der Waals surface area contributed by atoms with Crippen LogP contribution in [-0.2, 0) is 0 Å². The van der Waals surface area contributed by atoms with Gasteiger partial charge in [-0.25, -0.2) is 0 Å². The summed E-state index contributed by atoms with van der Waals surface area (Å²) in [6.07, 6.45) is 1.85. The zero-order valence-electron chi connectivity index (χ0n) is 12.6. The van der Waals surface area contributed by atoms with E-state index in [0.717, 1.165) is 32.6 Å². The largest absolute Gasteiger partial charge is 0.493 e. The topological polar surface area (TPSA) is 30.8 Å². The quantitative estimate of drug-likeness (QED) is 0.741. The minimum absolute atomic E-state index is 0.706. The van der Waals surface area contributed by atoms with Crippen LogP contribution in [-0.4, -0.2) is 20.4 Å². The molecule has 2 aromatic rings. The van der Waals surface area contributed by atoms with Crippen LogP contribution in [0.15, 0.2) is 39.8 Å². The molecular formula is C17H18BrNO2. The third-order valence-electron chi connectivity index (χ3n) is 3.27. The van der Waals surface area contributed by atoms with E-state index >= 15 is 0 Å². The van der Waals surface area contributed by atoms with Gasteiger partial charge in [-0.2, -0.15) is 0 Å². The molecule has 2 rings (SSSR count). The lowest BCUT2D eigenvalue weighted by Gasteiger charge is -2.10. The fraction of sp³-hybridized carbons (Fsp3) is 0.235. The van der Waals surface area contributed by atoms with Crippen LogP contribution in [0.1, 0.15) is 16.7 Å². The van der Waals surface area contributed by atoms with E-state index in [2.05, 4.69) is 20.9 Å². The number of ether oxygens (including phenoxy) is 2. The van der Waals surface area contributed by atoms with E-state index in [1.54, 1.807) is 14.2 Å². The van der Waals surface area contributed by atoms with Crippen molar-refractivity contribution in [2.75, 3.05) is 14.2 Å². The Bertz CT molecular complexity index is 681. The van der Waals surface area contributed by atoms with E-state index in [1.807, 2.05) is 50.4 Å². The Labute approximate surface area is 133 Å². The fourth-order valence-corrected chi connectivity index (χ4v) is 2.51. The van der Waals surface area contributed by atoms with Crippen molar-refractivity contribution in [1.82, 2.24) is 0 Å². The molecule has 0 N–H and O–H groups in total. The Morgan fingerprint density at radius 3 is 2.24 bits per heavy atom. The van der Waals surface area contributed by atoms with Crippen molar-refractivity contribution in [1.29, 1.82) is 0 Å². The Kier molecular flexibility index (Phi) is 5.02.